The lowest BCUT2D eigenvalue weighted by Gasteiger charge is -2.14. The lowest BCUT2D eigenvalue weighted by molar-refractivity contribution is -0.138. The number of methoxy groups -OCH3 is 1. The van der Waals surface area contributed by atoms with Crippen LogP contribution in [0.1, 0.15) is 23.9 Å². The number of hydrogen-bond acceptors (Lipinski definition) is 4. The molecule has 0 aliphatic rings. The lowest BCUT2D eigenvalue weighted by atomic mass is 10.1. The van der Waals surface area contributed by atoms with Crippen molar-refractivity contribution in [1.29, 1.82) is 0 Å². The Morgan fingerprint density at radius 3 is 2.72 bits per heavy atom. The Morgan fingerprint density at radius 1 is 1.17 bits per heavy atom. The minimum Gasteiger partial charge on any atom is -0.497 e. The molecule has 3 aromatic rings. The van der Waals surface area contributed by atoms with Crippen LogP contribution in [0.15, 0.2) is 47.6 Å². The van der Waals surface area contributed by atoms with Gasteiger partial charge in [-0.25, -0.2) is 4.99 Å². The molecule has 0 radical (unpaired) electrons. The molecule has 0 spiro atoms. The van der Waals surface area contributed by atoms with Crippen molar-refractivity contribution < 1.29 is 17.9 Å². The SMILES string of the molecule is CCNC(=NCc1ccc(OC)cc1C(F)(F)F)NCc1nnc2ccccn12. The lowest BCUT2D eigenvalue weighted by Crippen LogP contribution is -2.37. The fourth-order valence-electron chi connectivity index (χ4n) is 2.76. The van der Waals surface area contributed by atoms with Crippen LogP contribution in [0.3, 0.4) is 0 Å². The van der Waals surface area contributed by atoms with Gasteiger partial charge in [0.1, 0.15) is 5.75 Å². The molecule has 0 fully saturated rings. The van der Waals surface area contributed by atoms with E-state index in [4.69, 9.17) is 4.74 Å². The topological polar surface area (TPSA) is 75.8 Å². The van der Waals surface area contributed by atoms with Crippen LogP contribution in [0.4, 0.5) is 13.2 Å². The summed E-state index contributed by atoms with van der Waals surface area (Å²) in [6.45, 7) is 2.60. The van der Waals surface area contributed by atoms with Crippen LogP contribution in [0.5, 0.6) is 5.75 Å². The Bertz CT molecular complexity index is 999. The maximum Gasteiger partial charge on any atom is 0.416 e. The van der Waals surface area contributed by atoms with Crippen molar-refractivity contribution in [3.05, 3.63) is 59.5 Å². The van der Waals surface area contributed by atoms with E-state index in [-0.39, 0.29) is 17.9 Å². The minimum absolute atomic E-state index is 0.0587. The van der Waals surface area contributed by atoms with E-state index in [0.717, 1.165) is 6.07 Å². The summed E-state index contributed by atoms with van der Waals surface area (Å²) in [5.74, 6) is 1.18. The first-order valence-electron chi connectivity index (χ1n) is 8.97. The number of hydrogen-bond donors (Lipinski definition) is 2. The highest BCUT2D eigenvalue weighted by Crippen LogP contribution is 2.34. The third-order valence-electron chi connectivity index (χ3n) is 4.17. The Balaban J connectivity index is 1.77. The van der Waals surface area contributed by atoms with Crippen molar-refractivity contribution in [2.45, 2.75) is 26.2 Å². The fourth-order valence-corrected chi connectivity index (χ4v) is 2.76. The molecule has 29 heavy (non-hydrogen) atoms. The van der Waals surface area contributed by atoms with Gasteiger partial charge in [0.05, 0.1) is 25.8 Å². The maximum absolute atomic E-state index is 13.4. The highest BCUT2D eigenvalue weighted by molar-refractivity contribution is 5.79. The van der Waals surface area contributed by atoms with Gasteiger partial charge in [-0.15, -0.1) is 10.2 Å². The van der Waals surface area contributed by atoms with E-state index in [9.17, 15) is 13.2 Å². The maximum atomic E-state index is 13.4. The summed E-state index contributed by atoms with van der Waals surface area (Å²) >= 11 is 0. The zero-order chi connectivity index (χ0) is 20.9. The normalized spacial score (nSPS) is 12.2. The molecular formula is C19H21F3N6O. The number of nitrogens with zero attached hydrogens (tertiary/aromatic N) is 4. The van der Waals surface area contributed by atoms with Crippen molar-refractivity contribution >= 4 is 11.6 Å². The van der Waals surface area contributed by atoms with Crippen molar-refractivity contribution in [2.75, 3.05) is 13.7 Å². The zero-order valence-electron chi connectivity index (χ0n) is 16.0. The van der Waals surface area contributed by atoms with Crippen molar-refractivity contribution in [3.8, 4) is 5.75 Å². The summed E-state index contributed by atoms with van der Waals surface area (Å²) in [6, 6.07) is 9.40. The number of nitrogens with one attached hydrogen (secondary N) is 2. The molecule has 2 aromatic heterocycles. The van der Waals surface area contributed by atoms with Gasteiger partial charge in [-0.3, -0.25) is 4.40 Å². The van der Waals surface area contributed by atoms with Gasteiger partial charge in [0, 0.05) is 12.7 Å². The van der Waals surface area contributed by atoms with E-state index in [0.29, 0.717) is 30.5 Å². The number of rotatable bonds is 6. The van der Waals surface area contributed by atoms with Gasteiger partial charge in [0.25, 0.3) is 0 Å². The Kier molecular flexibility index (Phi) is 6.20. The van der Waals surface area contributed by atoms with Crippen LogP contribution in [-0.4, -0.2) is 34.2 Å². The van der Waals surface area contributed by atoms with Gasteiger partial charge >= 0.3 is 6.18 Å². The minimum atomic E-state index is -4.49. The standard InChI is InChI=1S/C19H21F3N6O/c1-3-23-18(25-12-17-27-26-16-6-4-5-9-28(16)17)24-11-13-7-8-14(29-2)10-15(13)19(20,21)22/h4-10H,3,11-12H2,1-2H3,(H2,23,24,25). The number of fused-ring (bicyclic) bond motifs is 1. The van der Waals surface area contributed by atoms with E-state index in [1.54, 1.807) is 0 Å². The van der Waals surface area contributed by atoms with Crippen LogP contribution < -0.4 is 15.4 Å². The van der Waals surface area contributed by atoms with Crippen LogP contribution in [0.2, 0.25) is 0 Å². The molecule has 2 heterocycles. The molecule has 7 nitrogen and oxygen atoms in total. The third-order valence-corrected chi connectivity index (χ3v) is 4.17. The molecule has 2 N–H and O–H groups in total. The highest BCUT2D eigenvalue weighted by Gasteiger charge is 2.33. The number of alkyl halides is 3. The third kappa shape index (κ3) is 4.95. The molecule has 0 amide bonds. The number of halogens is 3. The van der Waals surface area contributed by atoms with E-state index in [2.05, 4.69) is 25.8 Å². The molecule has 0 bridgehead atoms. The highest BCUT2D eigenvalue weighted by atomic mass is 19.4. The summed E-state index contributed by atoms with van der Waals surface area (Å²) in [6.07, 6.45) is -2.66. The summed E-state index contributed by atoms with van der Waals surface area (Å²) in [5.41, 5.74) is 0.00243. The van der Waals surface area contributed by atoms with Gasteiger partial charge < -0.3 is 15.4 Å². The molecule has 10 heteroatoms. The smallest absolute Gasteiger partial charge is 0.416 e. The molecule has 1 aromatic carbocycles. The zero-order valence-corrected chi connectivity index (χ0v) is 16.0. The van der Waals surface area contributed by atoms with Crippen LogP contribution >= 0.6 is 0 Å². The molecule has 0 atom stereocenters. The van der Waals surface area contributed by atoms with E-state index in [1.807, 2.05) is 35.7 Å². The summed E-state index contributed by atoms with van der Waals surface area (Å²) < 4.78 is 46.8. The Morgan fingerprint density at radius 2 is 2.00 bits per heavy atom. The van der Waals surface area contributed by atoms with E-state index < -0.39 is 11.7 Å². The number of aromatic nitrogens is 3. The van der Waals surface area contributed by atoms with Crippen molar-refractivity contribution in [3.63, 3.8) is 0 Å². The average molecular weight is 406 g/mol. The quantitative estimate of drug-likeness (QED) is 0.486. The van der Waals surface area contributed by atoms with Gasteiger partial charge in [-0.05, 0) is 36.8 Å². The molecule has 154 valence electrons. The summed E-state index contributed by atoms with van der Waals surface area (Å²) in [4.78, 5) is 4.29. The second-order valence-corrected chi connectivity index (χ2v) is 6.11. The van der Waals surface area contributed by atoms with Gasteiger partial charge in [-0.2, -0.15) is 13.2 Å². The molecule has 3 rings (SSSR count). The summed E-state index contributed by atoms with van der Waals surface area (Å²) in [7, 11) is 1.33. The molecule has 0 saturated heterocycles. The number of pyridine rings is 1. The fraction of sp³-hybridized carbons (Fsp3) is 0.316. The first-order chi connectivity index (χ1) is 13.9. The van der Waals surface area contributed by atoms with Crippen LogP contribution in [-0.2, 0) is 19.3 Å². The predicted octanol–water partition coefficient (Wildman–Crippen LogP) is 3.01. The molecule has 0 saturated carbocycles. The first kappa shape index (κ1) is 20.4. The van der Waals surface area contributed by atoms with Gasteiger partial charge in [0.2, 0.25) is 0 Å². The van der Waals surface area contributed by atoms with Crippen molar-refractivity contribution in [1.82, 2.24) is 25.2 Å². The second-order valence-electron chi connectivity index (χ2n) is 6.11. The monoisotopic (exact) mass is 406 g/mol. The predicted molar refractivity (Wildman–Crippen MR) is 103 cm³/mol. The second kappa shape index (κ2) is 8.80. The van der Waals surface area contributed by atoms with E-state index in [1.165, 1.54) is 19.2 Å². The Hall–Kier alpha value is -3.30. The van der Waals surface area contributed by atoms with Gasteiger partial charge in [0.15, 0.2) is 17.4 Å². The molecular weight excluding hydrogens is 385 g/mol. The van der Waals surface area contributed by atoms with Crippen LogP contribution in [0.25, 0.3) is 5.65 Å². The number of aliphatic imine (C=N–C) groups is 1. The first-order valence-corrected chi connectivity index (χ1v) is 8.97. The molecule has 0 aliphatic carbocycles. The average Bonchev–Trinajstić information content (AvgIpc) is 3.12. The number of guanidine groups is 1. The van der Waals surface area contributed by atoms with Crippen molar-refractivity contribution in [2.24, 2.45) is 4.99 Å². The number of ether oxygens (including phenoxy) is 1. The number of benzene rings is 1. The van der Waals surface area contributed by atoms with Gasteiger partial charge in [-0.1, -0.05) is 12.1 Å². The van der Waals surface area contributed by atoms with Crippen LogP contribution in [0, 0.1) is 0 Å². The molecule has 0 aliphatic heterocycles. The largest absolute Gasteiger partial charge is 0.497 e. The Labute approximate surface area is 165 Å². The molecule has 0 unspecified atom stereocenters. The van der Waals surface area contributed by atoms with E-state index >= 15 is 0 Å². The summed E-state index contributed by atoms with van der Waals surface area (Å²) in [5, 5.41) is 14.3.